The second-order valence-corrected chi connectivity index (χ2v) is 12.5. The number of fused-ring (bicyclic) bond motifs is 1. The summed E-state index contributed by atoms with van der Waals surface area (Å²) in [5.41, 5.74) is 2.67. The van der Waals surface area contributed by atoms with E-state index in [1.54, 1.807) is 36.4 Å². The van der Waals surface area contributed by atoms with E-state index in [0.29, 0.717) is 55.1 Å². The summed E-state index contributed by atoms with van der Waals surface area (Å²) >= 11 is 0. The number of alkyl halides is 1. The number of carboxylic acid groups (broad SMARTS) is 1. The van der Waals surface area contributed by atoms with Gasteiger partial charge in [-0.05, 0) is 81.1 Å². The van der Waals surface area contributed by atoms with Gasteiger partial charge < -0.3 is 19.1 Å². The van der Waals surface area contributed by atoms with Crippen molar-refractivity contribution in [1.29, 1.82) is 0 Å². The van der Waals surface area contributed by atoms with Gasteiger partial charge in [0.15, 0.2) is 0 Å². The van der Waals surface area contributed by atoms with Crippen molar-refractivity contribution in [3.63, 3.8) is 0 Å². The third kappa shape index (κ3) is 5.93. The Hall–Kier alpha value is -3.89. The van der Waals surface area contributed by atoms with Gasteiger partial charge in [0.1, 0.15) is 23.9 Å². The zero-order valence-electron chi connectivity index (χ0n) is 24.6. The molecule has 2 aromatic heterocycles. The quantitative estimate of drug-likeness (QED) is 0.230. The lowest BCUT2D eigenvalue weighted by Crippen LogP contribution is -2.38. The van der Waals surface area contributed by atoms with Crippen LogP contribution in [0.4, 0.5) is 8.78 Å². The molecule has 0 bridgehead atoms. The predicted octanol–water partition coefficient (Wildman–Crippen LogP) is 6.23. The van der Waals surface area contributed by atoms with Gasteiger partial charge in [-0.2, -0.15) is 0 Å². The highest BCUT2D eigenvalue weighted by Gasteiger charge is 2.38. The Morgan fingerprint density at radius 2 is 1.86 bits per heavy atom. The Morgan fingerprint density at radius 3 is 2.55 bits per heavy atom. The van der Waals surface area contributed by atoms with Crippen LogP contribution < -0.4 is 4.74 Å². The molecule has 2 saturated heterocycles. The van der Waals surface area contributed by atoms with Crippen LogP contribution in [0, 0.1) is 5.82 Å². The molecular weight excluding hydrogens is 566 g/mol. The monoisotopic (exact) mass is 602 g/mol. The van der Waals surface area contributed by atoms with E-state index in [1.165, 1.54) is 0 Å². The topological polar surface area (TPSA) is 89.7 Å². The van der Waals surface area contributed by atoms with Crippen LogP contribution in [0.1, 0.15) is 76.9 Å². The van der Waals surface area contributed by atoms with Crippen molar-refractivity contribution in [1.82, 2.24) is 19.4 Å². The summed E-state index contributed by atoms with van der Waals surface area (Å²) in [5.74, 6) is 0.490. The first kappa shape index (κ1) is 28.9. The number of ether oxygens (including phenoxy) is 2. The first-order valence-electron chi connectivity index (χ1n) is 15.4. The summed E-state index contributed by atoms with van der Waals surface area (Å²) in [6.07, 6.45) is 3.70. The maximum Gasteiger partial charge on any atom is 0.335 e. The zero-order chi connectivity index (χ0) is 30.3. The van der Waals surface area contributed by atoms with E-state index in [0.717, 1.165) is 49.4 Å². The van der Waals surface area contributed by atoms with Crippen LogP contribution in [0.5, 0.6) is 5.88 Å². The molecule has 4 heterocycles. The number of pyridine rings is 1. The number of benzene rings is 2. The Morgan fingerprint density at radius 1 is 1.05 bits per heavy atom. The standard InChI is InChI=1S/C34H36F2N4O4/c35-27-15-23(26-18-43-19-26)5-6-25(27)20-44-32-4-1-3-28(38-32)22-9-13-39(14-10-22)17-31-37-29-8-7-24(33(41)42)16-30(29)40(31)21-34(36)11-2-12-34/h1,3-8,15-16,22,26H,2,9-14,17-21H2,(H,41,42). The highest BCUT2D eigenvalue weighted by Crippen LogP contribution is 2.39. The Bertz CT molecular complexity index is 1680. The minimum Gasteiger partial charge on any atom is -0.478 e. The maximum atomic E-state index is 15.3. The first-order valence-corrected chi connectivity index (χ1v) is 15.4. The van der Waals surface area contributed by atoms with Crippen molar-refractivity contribution in [3.05, 3.63) is 88.6 Å². The summed E-state index contributed by atoms with van der Waals surface area (Å²) in [4.78, 5) is 23.5. The summed E-state index contributed by atoms with van der Waals surface area (Å²) < 4.78 is 43.0. The van der Waals surface area contributed by atoms with Crippen molar-refractivity contribution < 1.29 is 28.2 Å². The van der Waals surface area contributed by atoms with Gasteiger partial charge in [0.2, 0.25) is 5.88 Å². The molecule has 44 heavy (non-hydrogen) atoms. The van der Waals surface area contributed by atoms with E-state index in [9.17, 15) is 14.3 Å². The van der Waals surface area contributed by atoms with E-state index >= 15 is 4.39 Å². The molecule has 7 rings (SSSR count). The van der Waals surface area contributed by atoms with Crippen molar-refractivity contribution in [3.8, 4) is 5.88 Å². The number of halogens is 2. The number of carboxylic acids is 1. The molecule has 0 atom stereocenters. The highest BCUT2D eigenvalue weighted by molar-refractivity contribution is 5.92. The van der Waals surface area contributed by atoms with Gasteiger partial charge >= 0.3 is 5.97 Å². The second kappa shape index (κ2) is 11.9. The number of imidazole rings is 1. The molecule has 8 nitrogen and oxygen atoms in total. The molecule has 0 unspecified atom stereocenters. The smallest absolute Gasteiger partial charge is 0.335 e. The molecule has 10 heteroatoms. The lowest BCUT2D eigenvalue weighted by molar-refractivity contribution is 0.00830. The lowest BCUT2D eigenvalue weighted by Gasteiger charge is -2.35. The van der Waals surface area contributed by atoms with Gasteiger partial charge in [0.05, 0.1) is 42.9 Å². The summed E-state index contributed by atoms with van der Waals surface area (Å²) in [6.45, 7) is 3.80. The second-order valence-electron chi connectivity index (χ2n) is 12.5. The summed E-state index contributed by atoms with van der Waals surface area (Å²) in [5, 5.41) is 9.51. The van der Waals surface area contributed by atoms with Gasteiger partial charge in [-0.3, -0.25) is 4.90 Å². The van der Waals surface area contributed by atoms with E-state index < -0.39 is 11.6 Å². The van der Waals surface area contributed by atoms with Crippen molar-refractivity contribution in [2.45, 2.75) is 69.3 Å². The number of rotatable bonds is 10. The van der Waals surface area contributed by atoms with Gasteiger partial charge in [0, 0.05) is 29.2 Å². The molecular formula is C34H36F2N4O4. The summed E-state index contributed by atoms with van der Waals surface area (Å²) in [6, 6.07) is 15.9. The largest absolute Gasteiger partial charge is 0.478 e. The van der Waals surface area contributed by atoms with E-state index in [-0.39, 0.29) is 36.4 Å². The molecule has 0 amide bonds. The molecule has 1 aliphatic carbocycles. The number of nitrogens with zero attached hydrogens (tertiary/aromatic N) is 4. The highest BCUT2D eigenvalue weighted by atomic mass is 19.1. The summed E-state index contributed by atoms with van der Waals surface area (Å²) in [7, 11) is 0. The number of likely N-dealkylation sites (tertiary alicyclic amines) is 1. The first-order chi connectivity index (χ1) is 21.3. The van der Waals surface area contributed by atoms with Gasteiger partial charge in [0.25, 0.3) is 0 Å². The third-order valence-corrected chi connectivity index (χ3v) is 9.44. The van der Waals surface area contributed by atoms with Crippen molar-refractivity contribution in [2.75, 3.05) is 26.3 Å². The molecule has 3 aliphatic rings. The van der Waals surface area contributed by atoms with Gasteiger partial charge in [-0.15, -0.1) is 0 Å². The van der Waals surface area contributed by atoms with E-state index in [4.69, 9.17) is 19.4 Å². The third-order valence-electron chi connectivity index (χ3n) is 9.44. The lowest BCUT2D eigenvalue weighted by atomic mass is 9.82. The fourth-order valence-electron chi connectivity index (χ4n) is 6.44. The number of hydrogen-bond donors (Lipinski definition) is 1. The number of hydrogen-bond acceptors (Lipinski definition) is 6. The zero-order valence-corrected chi connectivity index (χ0v) is 24.6. The van der Waals surface area contributed by atoms with E-state index in [2.05, 4.69) is 4.90 Å². The molecule has 1 N–H and O–H groups in total. The minimum atomic E-state index is -1.27. The fourth-order valence-corrected chi connectivity index (χ4v) is 6.44. The van der Waals surface area contributed by atoms with Crippen molar-refractivity contribution in [2.24, 2.45) is 0 Å². The SMILES string of the molecule is O=C(O)c1ccc2nc(CN3CCC(c4cccc(OCc5ccc(C6COC6)cc5F)n4)CC3)n(CC3(F)CCC3)c2c1. The van der Waals surface area contributed by atoms with Crippen LogP contribution in [-0.4, -0.2) is 62.5 Å². The molecule has 1 saturated carbocycles. The normalized spacial score (nSPS) is 19.0. The average molecular weight is 603 g/mol. The van der Waals surface area contributed by atoms with Crippen LogP contribution >= 0.6 is 0 Å². The number of piperidine rings is 1. The molecule has 0 spiro atoms. The molecule has 3 fully saturated rings. The van der Waals surface area contributed by atoms with Crippen LogP contribution in [0.15, 0.2) is 54.6 Å². The Kier molecular flexibility index (Phi) is 7.80. The number of carbonyl (C=O) groups is 1. The van der Waals surface area contributed by atoms with Crippen LogP contribution in [0.2, 0.25) is 0 Å². The van der Waals surface area contributed by atoms with E-state index in [1.807, 2.05) is 22.8 Å². The fraction of sp³-hybridized carbons (Fsp3) is 0.441. The Labute approximate surface area is 254 Å². The minimum absolute atomic E-state index is 0.108. The number of aromatic carboxylic acids is 1. The molecule has 4 aromatic rings. The Balaban J connectivity index is 0.993. The van der Waals surface area contributed by atoms with Crippen LogP contribution in [0.25, 0.3) is 11.0 Å². The van der Waals surface area contributed by atoms with Crippen LogP contribution in [0.3, 0.4) is 0 Å². The molecule has 2 aliphatic heterocycles. The average Bonchev–Trinajstić information content (AvgIpc) is 3.31. The molecule has 0 radical (unpaired) electrons. The predicted molar refractivity (Wildman–Crippen MR) is 160 cm³/mol. The maximum absolute atomic E-state index is 15.3. The molecule has 2 aromatic carbocycles. The number of aromatic nitrogens is 3. The van der Waals surface area contributed by atoms with Gasteiger partial charge in [-0.25, -0.2) is 23.5 Å². The van der Waals surface area contributed by atoms with Gasteiger partial charge in [-0.1, -0.05) is 18.2 Å². The molecule has 230 valence electrons. The van der Waals surface area contributed by atoms with Crippen LogP contribution in [-0.2, 0) is 24.4 Å². The van der Waals surface area contributed by atoms with Crippen molar-refractivity contribution >= 4 is 17.0 Å².